The Kier molecular flexibility index (Phi) is 6.18. The van der Waals surface area contributed by atoms with Crippen LogP contribution in [0.3, 0.4) is 0 Å². The third-order valence-electron chi connectivity index (χ3n) is 5.82. The lowest BCUT2D eigenvalue weighted by Crippen LogP contribution is -2.20. The third-order valence-corrected chi connectivity index (χ3v) is 5.82. The Balaban J connectivity index is 1.47. The van der Waals surface area contributed by atoms with Crippen molar-refractivity contribution in [2.24, 2.45) is 0 Å². The Morgan fingerprint density at radius 2 is 1.76 bits per heavy atom. The van der Waals surface area contributed by atoms with Gasteiger partial charge in [0, 0.05) is 6.07 Å². The quantitative estimate of drug-likeness (QED) is 0.352. The molecule has 0 saturated carbocycles. The highest BCUT2D eigenvalue weighted by Crippen LogP contribution is 2.28. The molecule has 0 radical (unpaired) electrons. The molecule has 0 aliphatic carbocycles. The highest BCUT2D eigenvalue weighted by Gasteiger charge is 2.17. The topological polar surface area (TPSA) is 129 Å². The minimum absolute atomic E-state index is 0.0910. The lowest BCUT2D eigenvalue weighted by molar-refractivity contribution is -0.115. The van der Waals surface area contributed by atoms with Crippen molar-refractivity contribution in [1.82, 2.24) is 29.5 Å². The van der Waals surface area contributed by atoms with Crippen LogP contribution in [-0.2, 0) is 11.2 Å². The molecule has 0 atom stereocenters. The zero-order chi connectivity index (χ0) is 26.1. The maximum absolute atomic E-state index is 12.9. The monoisotopic (exact) mass is 499 g/mol. The number of aromatic amines is 1. The van der Waals surface area contributed by atoms with Crippen molar-refractivity contribution in [3.05, 3.63) is 81.9 Å². The van der Waals surface area contributed by atoms with Crippen LogP contribution in [0.2, 0.25) is 0 Å². The number of ether oxygens (including phenoxy) is 2. The molecule has 1 amide bonds. The molecule has 0 aliphatic rings. The van der Waals surface area contributed by atoms with Gasteiger partial charge in [0.1, 0.15) is 11.2 Å². The summed E-state index contributed by atoms with van der Waals surface area (Å²) in [6.45, 7) is 3.78. The van der Waals surface area contributed by atoms with Crippen LogP contribution >= 0.6 is 0 Å². The van der Waals surface area contributed by atoms with E-state index in [1.807, 2.05) is 31.2 Å². The maximum Gasteiger partial charge on any atom is 0.263 e. The van der Waals surface area contributed by atoms with Gasteiger partial charge in [0.15, 0.2) is 17.1 Å². The second-order valence-electron chi connectivity index (χ2n) is 8.52. The largest absolute Gasteiger partial charge is 0.493 e. The van der Waals surface area contributed by atoms with Crippen molar-refractivity contribution in [2.75, 3.05) is 19.5 Å². The van der Waals surface area contributed by atoms with Gasteiger partial charge < -0.3 is 14.8 Å². The molecule has 37 heavy (non-hydrogen) atoms. The molecule has 0 fully saturated rings. The average molecular weight is 500 g/mol. The first kappa shape index (κ1) is 23.8. The number of methoxy groups -OCH3 is 2. The van der Waals surface area contributed by atoms with Crippen molar-refractivity contribution >= 4 is 22.8 Å². The first-order valence-corrected chi connectivity index (χ1v) is 11.5. The predicted molar refractivity (Wildman–Crippen MR) is 138 cm³/mol. The molecule has 11 nitrogen and oxygen atoms in total. The Hall–Kier alpha value is -4.93. The van der Waals surface area contributed by atoms with Gasteiger partial charge in [-0.3, -0.25) is 14.6 Å². The van der Waals surface area contributed by atoms with E-state index < -0.39 is 0 Å². The van der Waals surface area contributed by atoms with E-state index in [2.05, 4.69) is 25.5 Å². The Morgan fingerprint density at radius 1 is 1.00 bits per heavy atom. The Bertz CT molecular complexity index is 1670. The van der Waals surface area contributed by atoms with Gasteiger partial charge in [-0.25, -0.2) is 4.68 Å². The van der Waals surface area contributed by atoms with Crippen LogP contribution in [0.4, 0.5) is 5.82 Å². The van der Waals surface area contributed by atoms with Gasteiger partial charge in [0.2, 0.25) is 11.9 Å². The average Bonchev–Trinajstić information content (AvgIpc) is 3.47. The fourth-order valence-corrected chi connectivity index (χ4v) is 4.00. The van der Waals surface area contributed by atoms with Crippen LogP contribution in [0.15, 0.2) is 59.5 Å². The van der Waals surface area contributed by atoms with Gasteiger partial charge in [-0.05, 0) is 43.7 Å². The zero-order valence-corrected chi connectivity index (χ0v) is 20.8. The number of nitrogens with zero attached hydrogens (tertiary/aromatic N) is 5. The first-order chi connectivity index (χ1) is 17.9. The van der Waals surface area contributed by atoms with Crippen LogP contribution in [0, 0.1) is 13.8 Å². The number of anilines is 1. The number of hydrogen-bond donors (Lipinski definition) is 2. The van der Waals surface area contributed by atoms with Crippen molar-refractivity contribution in [2.45, 2.75) is 20.3 Å². The lowest BCUT2D eigenvalue weighted by Gasteiger charge is -2.11. The van der Waals surface area contributed by atoms with E-state index in [0.29, 0.717) is 34.0 Å². The van der Waals surface area contributed by atoms with Crippen molar-refractivity contribution in [1.29, 1.82) is 0 Å². The number of H-pyrrole nitrogens is 1. The molecular formula is C26H25N7O4. The van der Waals surface area contributed by atoms with E-state index >= 15 is 0 Å². The molecule has 11 heteroatoms. The zero-order valence-electron chi connectivity index (χ0n) is 20.8. The van der Waals surface area contributed by atoms with E-state index in [-0.39, 0.29) is 23.8 Å². The van der Waals surface area contributed by atoms with Crippen LogP contribution < -0.4 is 20.3 Å². The van der Waals surface area contributed by atoms with E-state index in [0.717, 1.165) is 16.8 Å². The summed E-state index contributed by atoms with van der Waals surface area (Å²) in [7, 11) is 3.09. The second-order valence-corrected chi connectivity index (χ2v) is 8.52. The molecule has 0 bridgehead atoms. The molecule has 3 aromatic heterocycles. The molecule has 2 aromatic carbocycles. The molecular weight excluding hydrogens is 474 g/mol. The predicted octanol–water partition coefficient (Wildman–Crippen LogP) is 3.11. The van der Waals surface area contributed by atoms with Gasteiger partial charge in [0.05, 0.1) is 38.2 Å². The van der Waals surface area contributed by atoms with Gasteiger partial charge in [-0.1, -0.05) is 23.8 Å². The maximum atomic E-state index is 12.9. The third kappa shape index (κ3) is 4.66. The van der Waals surface area contributed by atoms with Gasteiger partial charge in [-0.15, -0.1) is 0 Å². The van der Waals surface area contributed by atoms with Crippen LogP contribution in [0.1, 0.15) is 16.8 Å². The molecule has 0 saturated heterocycles. The summed E-state index contributed by atoms with van der Waals surface area (Å²) < 4.78 is 13.6. The number of carbonyl (C=O) groups excluding carboxylic acids is 1. The number of amides is 1. The highest BCUT2D eigenvalue weighted by molar-refractivity contribution is 5.92. The molecule has 2 N–H and O–H groups in total. The molecule has 5 aromatic rings. The summed E-state index contributed by atoms with van der Waals surface area (Å²) in [5, 5.41) is 12.0. The fraction of sp³-hybridized carbons (Fsp3) is 0.192. The van der Waals surface area contributed by atoms with Gasteiger partial charge in [-0.2, -0.15) is 19.9 Å². The fourth-order valence-electron chi connectivity index (χ4n) is 4.00. The normalized spacial score (nSPS) is 11.0. The summed E-state index contributed by atoms with van der Waals surface area (Å²) in [5.41, 5.74) is 3.26. The highest BCUT2D eigenvalue weighted by atomic mass is 16.5. The van der Waals surface area contributed by atoms with E-state index in [1.165, 1.54) is 10.9 Å². The van der Waals surface area contributed by atoms with Crippen molar-refractivity contribution < 1.29 is 14.3 Å². The van der Waals surface area contributed by atoms with E-state index in [9.17, 15) is 9.59 Å². The summed E-state index contributed by atoms with van der Waals surface area (Å²) in [5.74, 6) is 1.36. The second kappa shape index (κ2) is 9.61. The number of aryl methyl sites for hydroxylation is 2. The number of benzene rings is 2. The van der Waals surface area contributed by atoms with Gasteiger partial charge in [0.25, 0.3) is 5.56 Å². The number of nitrogens with one attached hydrogen (secondary N) is 2. The number of hydrogen-bond acceptors (Lipinski definition) is 7. The Morgan fingerprint density at radius 3 is 2.49 bits per heavy atom. The summed E-state index contributed by atoms with van der Waals surface area (Å²) >= 11 is 0. The molecule has 3 heterocycles. The molecule has 0 unspecified atom stereocenters. The van der Waals surface area contributed by atoms with Crippen LogP contribution in [0.25, 0.3) is 22.7 Å². The minimum Gasteiger partial charge on any atom is -0.493 e. The van der Waals surface area contributed by atoms with Crippen LogP contribution in [-0.4, -0.2) is 49.7 Å². The molecule has 0 spiro atoms. The number of aromatic nitrogens is 6. The number of carbonyl (C=O) groups is 1. The number of rotatable bonds is 7. The first-order valence-electron chi connectivity index (χ1n) is 11.5. The SMILES string of the molecule is COc1ccc(CC(=O)Nc2cc(C)nn2-c2nc3c(cnn3-c3ccc(C)cc3)c(=O)[nH]2)cc1OC. The lowest BCUT2D eigenvalue weighted by atomic mass is 10.1. The van der Waals surface area contributed by atoms with E-state index in [1.54, 1.807) is 50.1 Å². The summed E-state index contributed by atoms with van der Waals surface area (Å²) in [4.78, 5) is 33.1. The minimum atomic E-state index is -0.367. The summed E-state index contributed by atoms with van der Waals surface area (Å²) in [6.07, 6.45) is 1.57. The molecule has 188 valence electrons. The van der Waals surface area contributed by atoms with Crippen molar-refractivity contribution in [3.63, 3.8) is 0 Å². The summed E-state index contributed by atoms with van der Waals surface area (Å²) in [6, 6.07) is 14.7. The van der Waals surface area contributed by atoms with Crippen molar-refractivity contribution in [3.8, 4) is 23.1 Å². The van der Waals surface area contributed by atoms with Gasteiger partial charge >= 0.3 is 0 Å². The standard InChI is InChI=1S/C26H25N7O4/c1-15-5-8-18(9-6-15)32-24-19(14-27-32)25(35)30-26(29-24)33-22(11-16(2)31-33)28-23(34)13-17-7-10-20(36-3)21(12-17)37-4/h5-12,14H,13H2,1-4H3,(H,28,34)(H,29,30,35). The molecule has 0 aliphatic heterocycles. The number of fused-ring (bicyclic) bond motifs is 1. The van der Waals surface area contributed by atoms with E-state index in [4.69, 9.17) is 9.47 Å². The van der Waals surface area contributed by atoms with Crippen LogP contribution in [0.5, 0.6) is 11.5 Å². The smallest absolute Gasteiger partial charge is 0.263 e. The molecule has 5 rings (SSSR count). The Labute approximate surface area is 211 Å².